The molecule has 0 saturated carbocycles. The van der Waals surface area contributed by atoms with Crippen molar-refractivity contribution in [3.8, 4) is 0 Å². The minimum atomic E-state index is -0.489. The molecule has 1 aromatic rings. The normalized spacial score (nSPS) is 22.1. The van der Waals surface area contributed by atoms with Crippen molar-refractivity contribution >= 4 is 23.6 Å². The van der Waals surface area contributed by atoms with Crippen molar-refractivity contribution in [1.82, 2.24) is 20.0 Å². The molecule has 0 bridgehead atoms. The van der Waals surface area contributed by atoms with E-state index in [2.05, 4.69) is 15.2 Å². The van der Waals surface area contributed by atoms with Gasteiger partial charge >= 0.3 is 6.03 Å². The Morgan fingerprint density at radius 3 is 2.66 bits per heavy atom. The summed E-state index contributed by atoms with van der Waals surface area (Å²) in [6.45, 7) is 4.98. The third kappa shape index (κ3) is 3.66. The van der Waals surface area contributed by atoms with Gasteiger partial charge in [-0.1, -0.05) is 18.2 Å². The fourth-order valence-corrected chi connectivity index (χ4v) is 4.30. The van der Waals surface area contributed by atoms with Crippen LogP contribution in [0.5, 0.6) is 0 Å². The molecule has 3 aliphatic rings. The van der Waals surface area contributed by atoms with Crippen molar-refractivity contribution < 1.29 is 14.4 Å². The van der Waals surface area contributed by atoms with Crippen molar-refractivity contribution in [3.63, 3.8) is 0 Å². The van der Waals surface area contributed by atoms with Gasteiger partial charge in [0.15, 0.2) is 0 Å². The zero-order valence-electron chi connectivity index (χ0n) is 16.7. The van der Waals surface area contributed by atoms with Crippen LogP contribution in [0.4, 0.5) is 4.79 Å². The Labute approximate surface area is 169 Å². The summed E-state index contributed by atoms with van der Waals surface area (Å²) in [4.78, 5) is 45.1. The van der Waals surface area contributed by atoms with Crippen LogP contribution in [0.1, 0.15) is 36.2 Å². The SMILES string of the molecule is Cc1n[nH]c(C)c1CCC(=O)N1CCC(N2C(=O)N=C3C=CC=CC3C2=O)CC1. The van der Waals surface area contributed by atoms with Crippen molar-refractivity contribution in [3.05, 3.63) is 41.3 Å². The van der Waals surface area contributed by atoms with Crippen molar-refractivity contribution in [2.45, 2.75) is 45.6 Å². The number of aromatic nitrogens is 2. The maximum Gasteiger partial charge on any atom is 0.350 e. The number of rotatable bonds is 4. The van der Waals surface area contributed by atoms with Crippen LogP contribution in [0, 0.1) is 19.8 Å². The standard InChI is InChI=1S/C21H25N5O3/c1-13-16(14(2)24-23-13)7-8-19(27)25-11-9-15(10-12-25)26-20(28)17-5-3-4-6-18(17)22-21(26)29/h3-6,15,17H,7-12H2,1-2H3,(H,23,24). The number of aromatic amines is 1. The predicted molar refractivity (Wildman–Crippen MR) is 107 cm³/mol. The Morgan fingerprint density at radius 1 is 1.21 bits per heavy atom. The Morgan fingerprint density at radius 2 is 1.97 bits per heavy atom. The van der Waals surface area contributed by atoms with Gasteiger partial charge in [-0.15, -0.1) is 0 Å². The smallest absolute Gasteiger partial charge is 0.343 e. The second-order valence-electron chi connectivity index (χ2n) is 7.77. The highest BCUT2D eigenvalue weighted by Crippen LogP contribution is 2.26. The van der Waals surface area contributed by atoms with E-state index in [0.29, 0.717) is 44.5 Å². The summed E-state index contributed by atoms with van der Waals surface area (Å²) in [5.74, 6) is -0.588. The molecule has 1 N–H and O–H groups in total. The van der Waals surface area contributed by atoms with Crippen LogP contribution in [0.25, 0.3) is 0 Å². The first-order valence-electron chi connectivity index (χ1n) is 10.0. The van der Waals surface area contributed by atoms with E-state index in [9.17, 15) is 14.4 Å². The third-order valence-electron chi connectivity index (χ3n) is 5.99. The largest absolute Gasteiger partial charge is 0.350 e. The van der Waals surface area contributed by atoms with Gasteiger partial charge in [-0.2, -0.15) is 10.1 Å². The number of hydrogen-bond donors (Lipinski definition) is 1. The lowest BCUT2D eigenvalue weighted by Crippen LogP contribution is -2.54. The molecule has 1 unspecified atom stereocenters. The first-order valence-corrected chi connectivity index (χ1v) is 10.0. The number of carbonyl (C=O) groups is 3. The van der Waals surface area contributed by atoms with Crippen LogP contribution in [0.2, 0.25) is 0 Å². The first-order chi connectivity index (χ1) is 14.0. The molecule has 8 heteroatoms. The lowest BCUT2D eigenvalue weighted by molar-refractivity contribution is -0.134. The van der Waals surface area contributed by atoms with Gasteiger partial charge in [-0.05, 0) is 44.7 Å². The zero-order chi connectivity index (χ0) is 20.5. The Kier molecular flexibility index (Phi) is 5.17. The van der Waals surface area contributed by atoms with Gasteiger partial charge in [-0.3, -0.25) is 19.6 Å². The van der Waals surface area contributed by atoms with Gasteiger partial charge in [-0.25, -0.2) is 4.79 Å². The highest BCUT2D eigenvalue weighted by atomic mass is 16.2. The molecule has 1 atom stereocenters. The van der Waals surface area contributed by atoms with E-state index in [1.165, 1.54) is 4.90 Å². The fraction of sp³-hybridized carbons (Fsp3) is 0.476. The van der Waals surface area contributed by atoms with Crippen LogP contribution < -0.4 is 0 Å². The van der Waals surface area contributed by atoms with Crippen molar-refractivity contribution in [2.24, 2.45) is 10.9 Å². The van der Waals surface area contributed by atoms with Crippen LogP contribution in [0.15, 0.2) is 29.3 Å². The quantitative estimate of drug-likeness (QED) is 0.844. The van der Waals surface area contributed by atoms with Crippen molar-refractivity contribution in [1.29, 1.82) is 0 Å². The maximum absolute atomic E-state index is 12.8. The van der Waals surface area contributed by atoms with Crippen LogP contribution >= 0.6 is 0 Å². The highest BCUT2D eigenvalue weighted by Gasteiger charge is 2.40. The molecule has 1 aromatic heterocycles. The Hall–Kier alpha value is -3.03. The van der Waals surface area contributed by atoms with Crippen molar-refractivity contribution in [2.75, 3.05) is 13.1 Å². The summed E-state index contributed by atoms with van der Waals surface area (Å²) in [5.41, 5.74) is 3.54. The first kappa shape index (κ1) is 19.3. The number of nitrogens with zero attached hydrogens (tertiary/aromatic N) is 4. The number of hydrogen-bond acceptors (Lipinski definition) is 4. The van der Waals surface area contributed by atoms with E-state index in [0.717, 1.165) is 17.0 Å². The molecular formula is C21H25N5O3. The summed E-state index contributed by atoms with van der Waals surface area (Å²) in [5, 5.41) is 7.12. The minimum absolute atomic E-state index is 0.0976. The summed E-state index contributed by atoms with van der Waals surface area (Å²) in [6.07, 6.45) is 9.34. The summed E-state index contributed by atoms with van der Waals surface area (Å²) in [7, 11) is 0. The Bertz CT molecular complexity index is 915. The van der Waals surface area contributed by atoms with E-state index in [1.54, 1.807) is 24.3 Å². The zero-order valence-corrected chi connectivity index (χ0v) is 16.7. The maximum atomic E-state index is 12.8. The van der Waals surface area contributed by atoms with Crippen LogP contribution in [-0.4, -0.2) is 62.7 Å². The van der Waals surface area contributed by atoms with Crippen LogP contribution in [0.3, 0.4) is 0 Å². The average molecular weight is 395 g/mol. The number of nitrogens with one attached hydrogen (secondary N) is 1. The number of H-pyrrole nitrogens is 1. The van der Waals surface area contributed by atoms with Crippen LogP contribution in [-0.2, 0) is 16.0 Å². The molecule has 1 fully saturated rings. The van der Waals surface area contributed by atoms with E-state index in [-0.39, 0.29) is 17.9 Å². The molecule has 8 nitrogen and oxygen atoms in total. The topological polar surface area (TPSA) is 98.7 Å². The molecule has 2 aliphatic heterocycles. The monoisotopic (exact) mass is 395 g/mol. The van der Waals surface area contributed by atoms with E-state index in [1.807, 2.05) is 18.7 Å². The molecule has 152 valence electrons. The van der Waals surface area contributed by atoms with Gasteiger partial charge in [0.1, 0.15) is 0 Å². The van der Waals surface area contributed by atoms with E-state index < -0.39 is 11.9 Å². The number of carbonyl (C=O) groups excluding carboxylic acids is 3. The highest BCUT2D eigenvalue weighted by molar-refractivity contribution is 6.21. The number of likely N-dealkylation sites (tertiary alicyclic amines) is 1. The minimum Gasteiger partial charge on any atom is -0.343 e. The summed E-state index contributed by atoms with van der Waals surface area (Å²) in [6, 6.07) is -0.695. The number of urea groups is 1. The van der Waals surface area contributed by atoms with E-state index >= 15 is 0 Å². The molecule has 0 aromatic carbocycles. The second-order valence-corrected chi connectivity index (χ2v) is 7.77. The molecular weight excluding hydrogens is 370 g/mol. The number of aryl methyl sites for hydroxylation is 2. The number of fused-ring (bicyclic) bond motifs is 1. The predicted octanol–water partition coefficient (Wildman–Crippen LogP) is 2.10. The third-order valence-corrected chi connectivity index (χ3v) is 5.99. The summed E-state index contributed by atoms with van der Waals surface area (Å²) < 4.78 is 0. The van der Waals surface area contributed by atoms with Gasteiger partial charge in [0.25, 0.3) is 0 Å². The Balaban J connectivity index is 1.34. The average Bonchev–Trinajstić information content (AvgIpc) is 3.04. The number of amides is 4. The number of aliphatic imine (C=N–C) groups is 1. The lowest BCUT2D eigenvalue weighted by atomic mass is 9.93. The van der Waals surface area contributed by atoms with Gasteiger partial charge in [0.05, 0.1) is 17.3 Å². The molecule has 29 heavy (non-hydrogen) atoms. The molecule has 1 aliphatic carbocycles. The molecule has 3 heterocycles. The number of allylic oxidation sites excluding steroid dienone is 3. The molecule has 1 saturated heterocycles. The van der Waals surface area contributed by atoms with Gasteiger partial charge in [0.2, 0.25) is 11.8 Å². The molecule has 4 amide bonds. The second kappa shape index (κ2) is 7.77. The number of piperidine rings is 1. The van der Waals surface area contributed by atoms with E-state index in [4.69, 9.17) is 0 Å². The van der Waals surface area contributed by atoms with Gasteiger partial charge < -0.3 is 4.90 Å². The van der Waals surface area contributed by atoms with Gasteiger partial charge in [0, 0.05) is 31.2 Å². The molecule has 4 rings (SSSR count). The molecule has 0 radical (unpaired) electrons. The summed E-state index contributed by atoms with van der Waals surface area (Å²) >= 11 is 0. The lowest BCUT2D eigenvalue weighted by Gasteiger charge is -2.39. The molecule has 0 spiro atoms. The fourth-order valence-electron chi connectivity index (χ4n) is 4.30. The number of imide groups is 1.